The monoisotopic (exact) mass is 376 g/mol. The fourth-order valence-electron chi connectivity index (χ4n) is 3.51. The Morgan fingerprint density at radius 3 is 2.64 bits per heavy atom. The van der Waals surface area contributed by atoms with E-state index >= 15 is 0 Å². The van der Waals surface area contributed by atoms with Gasteiger partial charge in [0, 0.05) is 51.0 Å². The Labute approximate surface area is 164 Å². The molecule has 0 spiro atoms. The number of hydrogen-bond acceptors (Lipinski definition) is 5. The minimum atomic E-state index is -0.0296. The second-order valence-electron chi connectivity index (χ2n) is 7.10. The molecule has 144 valence electrons. The average Bonchev–Trinajstić information content (AvgIpc) is 3.27. The van der Waals surface area contributed by atoms with E-state index in [0.717, 1.165) is 31.5 Å². The van der Waals surface area contributed by atoms with Crippen LogP contribution in [-0.2, 0) is 17.9 Å². The molecular weight excluding hydrogens is 352 g/mol. The normalized spacial score (nSPS) is 16.7. The van der Waals surface area contributed by atoms with Crippen LogP contribution >= 0.6 is 0 Å². The summed E-state index contributed by atoms with van der Waals surface area (Å²) < 4.78 is 2.03. The minimum Gasteiger partial charge on any atom is -0.352 e. The fraction of sp³-hybridized carbons (Fsp3) is 0.333. The summed E-state index contributed by atoms with van der Waals surface area (Å²) in [5, 5.41) is 3.08. The number of anilines is 1. The molecule has 1 aliphatic rings. The molecule has 0 aliphatic carbocycles. The third-order valence-corrected chi connectivity index (χ3v) is 5.04. The summed E-state index contributed by atoms with van der Waals surface area (Å²) >= 11 is 0. The highest BCUT2D eigenvalue weighted by Crippen LogP contribution is 2.20. The van der Waals surface area contributed by atoms with Gasteiger partial charge in [-0.1, -0.05) is 24.3 Å². The van der Waals surface area contributed by atoms with Crippen molar-refractivity contribution in [2.24, 2.45) is 5.92 Å². The lowest BCUT2D eigenvalue weighted by Crippen LogP contribution is -2.43. The zero-order valence-electron chi connectivity index (χ0n) is 15.7. The van der Waals surface area contributed by atoms with Crippen molar-refractivity contribution in [3.05, 3.63) is 72.6 Å². The van der Waals surface area contributed by atoms with E-state index < -0.39 is 0 Å². The van der Waals surface area contributed by atoms with Gasteiger partial charge in [-0.05, 0) is 30.0 Å². The van der Waals surface area contributed by atoms with Crippen molar-refractivity contribution in [3.8, 4) is 0 Å². The van der Waals surface area contributed by atoms with Crippen LogP contribution in [0.4, 0.5) is 5.95 Å². The number of hydrogen-bond donors (Lipinski definition) is 1. The summed E-state index contributed by atoms with van der Waals surface area (Å²) in [6, 6.07) is 10.1. The molecule has 4 rings (SSSR count). The van der Waals surface area contributed by atoms with Crippen molar-refractivity contribution in [2.75, 3.05) is 18.0 Å². The highest BCUT2D eigenvalue weighted by molar-refractivity contribution is 5.79. The molecule has 1 amide bonds. The Hall–Kier alpha value is -3.22. The first-order chi connectivity index (χ1) is 13.8. The third kappa shape index (κ3) is 4.54. The van der Waals surface area contributed by atoms with E-state index in [1.165, 1.54) is 5.56 Å². The van der Waals surface area contributed by atoms with E-state index in [9.17, 15) is 4.79 Å². The Kier molecular flexibility index (Phi) is 5.61. The number of carbonyl (C=O) groups is 1. The van der Waals surface area contributed by atoms with Gasteiger partial charge in [-0.3, -0.25) is 4.79 Å². The van der Waals surface area contributed by atoms with E-state index in [-0.39, 0.29) is 11.8 Å². The lowest BCUT2D eigenvalue weighted by molar-refractivity contribution is -0.125. The number of nitrogens with zero attached hydrogens (tertiary/aromatic N) is 5. The van der Waals surface area contributed by atoms with Crippen LogP contribution in [0.3, 0.4) is 0 Å². The van der Waals surface area contributed by atoms with E-state index in [1.54, 1.807) is 24.7 Å². The highest BCUT2D eigenvalue weighted by atomic mass is 16.1. The first kappa shape index (κ1) is 18.2. The maximum absolute atomic E-state index is 12.6. The van der Waals surface area contributed by atoms with Gasteiger partial charge in [0.15, 0.2) is 0 Å². The molecule has 7 heteroatoms. The van der Waals surface area contributed by atoms with Crippen LogP contribution in [0.2, 0.25) is 0 Å². The summed E-state index contributed by atoms with van der Waals surface area (Å²) in [7, 11) is 0. The SMILES string of the molecule is O=C(NCc1ccc(Cn2ccnc2)cc1)C1CCCN(c2ncccn2)C1. The summed E-state index contributed by atoms with van der Waals surface area (Å²) in [4.78, 5) is 27.4. The van der Waals surface area contributed by atoms with Crippen molar-refractivity contribution in [3.63, 3.8) is 0 Å². The van der Waals surface area contributed by atoms with Crippen molar-refractivity contribution >= 4 is 11.9 Å². The minimum absolute atomic E-state index is 0.0296. The summed E-state index contributed by atoms with van der Waals surface area (Å²) in [5.41, 5.74) is 2.31. The van der Waals surface area contributed by atoms with Gasteiger partial charge in [0.05, 0.1) is 12.2 Å². The lowest BCUT2D eigenvalue weighted by atomic mass is 9.97. The van der Waals surface area contributed by atoms with Gasteiger partial charge in [-0.25, -0.2) is 15.0 Å². The zero-order valence-corrected chi connectivity index (χ0v) is 15.7. The number of aromatic nitrogens is 4. The Morgan fingerprint density at radius 1 is 1.11 bits per heavy atom. The van der Waals surface area contributed by atoms with E-state index in [2.05, 4.69) is 49.4 Å². The number of benzene rings is 1. The molecule has 1 atom stereocenters. The van der Waals surface area contributed by atoms with Gasteiger partial charge < -0.3 is 14.8 Å². The maximum atomic E-state index is 12.6. The number of rotatable bonds is 6. The molecule has 2 aromatic heterocycles. The predicted octanol–water partition coefficient (Wildman–Crippen LogP) is 2.25. The number of nitrogens with one attached hydrogen (secondary N) is 1. The molecule has 28 heavy (non-hydrogen) atoms. The topological polar surface area (TPSA) is 75.9 Å². The second-order valence-corrected chi connectivity index (χ2v) is 7.10. The largest absolute Gasteiger partial charge is 0.352 e. The molecule has 0 radical (unpaired) electrons. The van der Waals surface area contributed by atoms with Crippen molar-refractivity contribution in [1.82, 2.24) is 24.8 Å². The van der Waals surface area contributed by atoms with E-state index in [1.807, 2.05) is 17.1 Å². The smallest absolute Gasteiger partial charge is 0.225 e. The Balaban J connectivity index is 1.29. The average molecular weight is 376 g/mol. The van der Waals surface area contributed by atoms with Gasteiger partial charge in [0.1, 0.15) is 0 Å². The maximum Gasteiger partial charge on any atom is 0.225 e. The second kappa shape index (κ2) is 8.65. The van der Waals surface area contributed by atoms with Gasteiger partial charge in [0.2, 0.25) is 11.9 Å². The molecular formula is C21H24N6O. The van der Waals surface area contributed by atoms with E-state index in [4.69, 9.17) is 0 Å². The molecule has 3 aromatic rings. The van der Waals surface area contributed by atoms with Crippen LogP contribution in [-0.4, -0.2) is 38.5 Å². The fourth-order valence-corrected chi connectivity index (χ4v) is 3.51. The van der Waals surface area contributed by atoms with Crippen LogP contribution in [0.1, 0.15) is 24.0 Å². The number of piperidine rings is 1. The summed E-state index contributed by atoms with van der Waals surface area (Å²) in [6.07, 6.45) is 10.9. The number of carbonyl (C=O) groups excluding carboxylic acids is 1. The zero-order chi connectivity index (χ0) is 19.2. The van der Waals surface area contributed by atoms with Crippen molar-refractivity contribution in [2.45, 2.75) is 25.9 Å². The highest BCUT2D eigenvalue weighted by Gasteiger charge is 2.26. The summed E-state index contributed by atoms with van der Waals surface area (Å²) in [5.74, 6) is 0.773. The number of amides is 1. The quantitative estimate of drug-likeness (QED) is 0.714. The van der Waals surface area contributed by atoms with Gasteiger partial charge in [-0.15, -0.1) is 0 Å². The Bertz CT molecular complexity index is 879. The first-order valence-electron chi connectivity index (χ1n) is 9.61. The standard InChI is InChI=1S/C21H24N6O/c28-20(19-3-1-11-27(15-19)21-23-8-2-9-24-21)25-13-17-4-6-18(7-5-17)14-26-12-10-22-16-26/h2,4-10,12,16,19H,1,3,11,13-15H2,(H,25,28). The third-order valence-electron chi connectivity index (χ3n) is 5.04. The van der Waals surface area contributed by atoms with Crippen LogP contribution < -0.4 is 10.2 Å². The summed E-state index contributed by atoms with van der Waals surface area (Å²) in [6.45, 7) is 2.90. The molecule has 1 N–H and O–H groups in total. The molecule has 1 unspecified atom stereocenters. The molecule has 1 aromatic carbocycles. The van der Waals surface area contributed by atoms with Crippen molar-refractivity contribution in [1.29, 1.82) is 0 Å². The van der Waals surface area contributed by atoms with E-state index in [0.29, 0.717) is 19.0 Å². The van der Waals surface area contributed by atoms with Crippen LogP contribution in [0.15, 0.2) is 61.4 Å². The molecule has 1 saturated heterocycles. The molecule has 7 nitrogen and oxygen atoms in total. The molecule has 1 aliphatic heterocycles. The van der Waals surface area contributed by atoms with Gasteiger partial charge >= 0.3 is 0 Å². The number of imidazole rings is 1. The van der Waals surface area contributed by atoms with Gasteiger partial charge in [-0.2, -0.15) is 0 Å². The van der Waals surface area contributed by atoms with Crippen LogP contribution in [0.5, 0.6) is 0 Å². The molecule has 0 bridgehead atoms. The molecule has 0 saturated carbocycles. The molecule has 3 heterocycles. The van der Waals surface area contributed by atoms with Crippen LogP contribution in [0.25, 0.3) is 0 Å². The predicted molar refractivity (Wildman–Crippen MR) is 107 cm³/mol. The Morgan fingerprint density at radius 2 is 1.89 bits per heavy atom. The molecule has 1 fully saturated rings. The van der Waals surface area contributed by atoms with Crippen LogP contribution in [0, 0.1) is 5.92 Å². The van der Waals surface area contributed by atoms with Crippen molar-refractivity contribution < 1.29 is 4.79 Å². The lowest BCUT2D eigenvalue weighted by Gasteiger charge is -2.31. The van der Waals surface area contributed by atoms with Gasteiger partial charge in [0.25, 0.3) is 0 Å². The first-order valence-corrected chi connectivity index (χ1v) is 9.61.